The van der Waals surface area contributed by atoms with Crippen molar-refractivity contribution in [1.29, 1.82) is 0 Å². The first kappa shape index (κ1) is 12.8. The topological polar surface area (TPSA) is 12.9 Å². The van der Waals surface area contributed by atoms with Crippen LogP contribution in [0.2, 0.25) is 0 Å². The molecule has 1 aromatic heterocycles. The van der Waals surface area contributed by atoms with Crippen molar-refractivity contribution in [3.8, 4) is 11.3 Å². The molecule has 2 aromatic rings. The molecular formula is C17H21N. The lowest BCUT2D eigenvalue weighted by Crippen LogP contribution is -1.98. The van der Waals surface area contributed by atoms with E-state index in [1.807, 2.05) is 12.3 Å². The van der Waals surface area contributed by atoms with Crippen molar-refractivity contribution in [3.63, 3.8) is 0 Å². The van der Waals surface area contributed by atoms with Crippen molar-refractivity contribution < 1.29 is 0 Å². The van der Waals surface area contributed by atoms with Gasteiger partial charge in [-0.2, -0.15) is 0 Å². The van der Waals surface area contributed by atoms with Crippen molar-refractivity contribution in [3.05, 3.63) is 53.2 Å². The van der Waals surface area contributed by atoms with Gasteiger partial charge in [0.25, 0.3) is 0 Å². The Kier molecular flexibility index (Phi) is 3.81. The molecule has 0 radical (unpaired) electrons. The predicted octanol–water partition coefficient (Wildman–Crippen LogP) is 4.74. The second kappa shape index (κ2) is 5.34. The van der Waals surface area contributed by atoms with Crippen molar-refractivity contribution in [2.24, 2.45) is 0 Å². The number of hydrogen-bond acceptors (Lipinski definition) is 1. The van der Waals surface area contributed by atoms with E-state index in [-0.39, 0.29) is 0 Å². The van der Waals surface area contributed by atoms with Crippen LogP contribution < -0.4 is 0 Å². The number of rotatable bonds is 3. The van der Waals surface area contributed by atoms with E-state index in [1.54, 1.807) is 0 Å². The molecule has 0 saturated heterocycles. The molecular weight excluding hydrogens is 218 g/mol. The van der Waals surface area contributed by atoms with Gasteiger partial charge in [-0.15, -0.1) is 0 Å². The molecule has 0 aliphatic carbocycles. The molecule has 1 nitrogen and oxygen atoms in total. The molecule has 94 valence electrons. The van der Waals surface area contributed by atoms with Crippen molar-refractivity contribution in [2.75, 3.05) is 0 Å². The summed E-state index contributed by atoms with van der Waals surface area (Å²) in [5.74, 6) is 0.520. The number of hydrogen-bond donors (Lipinski definition) is 0. The van der Waals surface area contributed by atoms with Crippen LogP contribution in [0, 0.1) is 6.92 Å². The quantitative estimate of drug-likeness (QED) is 0.753. The number of benzene rings is 1. The average Bonchev–Trinajstić information content (AvgIpc) is 2.38. The van der Waals surface area contributed by atoms with Crippen LogP contribution in [0.5, 0.6) is 0 Å². The fourth-order valence-electron chi connectivity index (χ4n) is 2.34. The second-order valence-corrected chi connectivity index (χ2v) is 5.11. The first-order valence-corrected chi connectivity index (χ1v) is 6.68. The summed E-state index contributed by atoms with van der Waals surface area (Å²) in [7, 11) is 0. The summed E-state index contributed by atoms with van der Waals surface area (Å²) in [4.78, 5) is 4.59. The third-order valence-corrected chi connectivity index (χ3v) is 3.36. The van der Waals surface area contributed by atoms with Crippen LogP contribution in [0.1, 0.15) is 43.4 Å². The minimum atomic E-state index is 0.520. The number of nitrogens with zero attached hydrogens (tertiary/aromatic N) is 1. The van der Waals surface area contributed by atoms with Gasteiger partial charge >= 0.3 is 0 Å². The normalized spacial score (nSPS) is 10.9. The smallest absolute Gasteiger partial charge is 0.0736 e. The second-order valence-electron chi connectivity index (χ2n) is 5.11. The summed E-state index contributed by atoms with van der Waals surface area (Å²) in [5.41, 5.74) is 6.46. The zero-order chi connectivity index (χ0) is 13.1. The predicted molar refractivity (Wildman–Crippen MR) is 77.9 cm³/mol. The van der Waals surface area contributed by atoms with Gasteiger partial charge in [-0.05, 0) is 36.5 Å². The molecule has 0 atom stereocenters. The third-order valence-electron chi connectivity index (χ3n) is 3.36. The molecule has 1 aromatic carbocycles. The summed E-state index contributed by atoms with van der Waals surface area (Å²) in [6.45, 7) is 8.82. The van der Waals surface area contributed by atoms with E-state index in [0.29, 0.717) is 5.92 Å². The number of aromatic nitrogens is 1. The fraction of sp³-hybridized carbons (Fsp3) is 0.353. The van der Waals surface area contributed by atoms with E-state index in [2.05, 4.69) is 56.9 Å². The Morgan fingerprint density at radius 2 is 1.94 bits per heavy atom. The van der Waals surface area contributed by atoms with E-state index < -0.39 is 0 Å². The highest BCUT2D eigenvalue weighted by Gasteiger charge is 2.12. The molecule has 1 heterocycles. The maximum absolute atomic E-state index is 4.59. The summed E-state index contributed by atoms with van der Waals surface area (Å²) in [6.07, 6.45) is 2.91. The molecule has 0 unspecified atom stereocenters. The molecule has 18 heavy (non-hydrogen) atoms. The summed E-state index contributed by atoms with van der Waals surface area (Å²) < 4.78 is 0. The molecule has 0 amide bonds. The highest BCUT2D eigenvalue weighted by molar-refractivity contribution is 5.68. The zero-order valence-corrected chi connectivity index (χ0v) is 11.7. The van der Waals surface area contributed by atoms with Crippen LogP contribution in [0.3, 0.4) is 0 Å². The lowest BCUT2D eigenvalue weighted by atomic mass is 9.91. The van der Waals surface area contributed by atoms with E-state index in [0.717, 1.165) is 12.1 Å². The van der Waals surface area contributed by atoms with Crippen LogP contribution >= 0.6 is 0 Å². The molecule has 0 saturated carbocycles. The molecule has 0 spiro atoms. The Morgan fingerprint density at radius 3 is 2.61 bits per heavy atom. The monoisotopic (exact) mass is 239 g/mol. The zero-order valence-electron chi connectivity index (χ0n) is 11.7. The van der Waals surface area contributed by atoms with Gasteiger partial charge in [0, 0.05) is 11.8 Å². The van der Waals surface area contributed by atoms with Crippen LogP contribution in [-0.2, 0) is 6.42 Å². The molecule has 1 heteroatoms. The molecule has 0 fully saturated rings. The van der Waals surface area contributed by atoms with Gasteiger partial charge in [-0.1, -0.05) is 50.6 Å². The number of aryl methyl sites for hydroxylation is 2. The highest BCUT2D eigenvalue weighted by Crippen LogP contribution is 2.30. The van der Waals surface area contributed by atoms with E-state index in [9.17, 15) is 0 Å². The SMILES string of the molecule is CCc1cccnc1-c1ccc(C)cc1C(C)C. The van der Waals surface area contributed by atoms with E-state index >= 15 is 0 Å². The largest absolute Gasteiger partial charge is 0.256 e. The van der Waals surface area contributed by atoms with Crippen LogP contribution in [-0.4, -0.2) is 4.98 Å². The first-order chi connectivity index (χ1) is 8.63. The fourth-order valence-corrected chi connectivity index (χ4v) is 2.34. The molecule has 2 rings (SSSR count). The van der Waals surface area contributed by atoms with Gasteiger partial charge in [-0.25, -0.2) is 0 Å². The summed E-state index contributed by atoms with van der Waals surface area (Å²) in [5, 5.41) is 0. The van der Waals surface area contributed by atoms with E-state index in [4.69, 9.17) is 0 Å². The Bertz CT molecular complexity index is 541. The molecule has 0 aliphatic heterocycles. The van der Waals surface area contributed by atoms with Crippen LogP contribution in [0.15, 0.2) is 36.5 Å². The van der Waals surface area contributed by atoms with E-state index in [1.165, 1.54) is 22.3 Å². The lowest BCUT2D eigenvalue weighted by Gasteiger charge is -2.15. The van der Waals surface area contributed by atoms with Gasteiger partial charge in [0.15, 0.2) is 0 Å². The van der Waals surface area contributed by atoms with Crippen molar-refractivity contribution in [1.82, 2.24) is 4.98 Å². The van der Waals surface area contributed by atoms with Crippen LogP contribution in [0.25, 0.3) is 11.3 Å². The lowest BCUT2D eigenvalue weighted by molar-refractivity contribution is 0.865. The highest BCUT2D eigenvalue weighted by atomic mass is 14.7. The Labute approximate surface area is 110 Å². The van der Waals surface area contributed by atoms with Crippen molar-refractivity contribution in [2.45, 2.75) is 40.0 Å². The van der Waals surface area contributed by atoms with Gasteiger partial charge in [-0.3, -0.25) is 4.98 Å². The Hall–Kier alpha value is -1.63. The molecule has 0 bridgehead atoms. The minimum absolute atomic E-state index is 0.520. The average molecular weight is 239 g/mol. The van der Waals surface area contributed by atoms with Crippen LogP contribution in [0.4, 0.5) is 0 Å². The standard InChI is InChI=1S/C17H21N/c1-5-14-7-6-10-18-17(14)15-9-8-13(4)11-16(15)12(2)3/h6-12H,5H2,1-4H3. The van der Waals surface area contributed by atoms with Gasteiger partial charge in [0.2, 0.25) is 0 Å². The van der Waals surface area contributed by atoms with Gasteiger partial charge < -0.3 is 0 Å². The maximum Gasteiger partial charge on any atom is 0.0736 e. The Balaban J connectivity index is 2.63. The minimum Gasteiger partial charge on any atom is -0.256 e. The Morgan fingerprint density at radius 1 is 1.17 bits per heavy atom. The van der Waals surface area contributed by atoms with Crippen molar-refractivity contribution >= 4 is 0 Å². The summed E-state index contributed by atoms with van der Waals surface area (Å²) >= 11 is 0. The molecule has 0 aliphatic rings. The molecule has 0 N–H and O–H groups in total. The van der Waals surface area contributed by atoms with Gasteiger partial charge in [0.1, 0.15) is 0 Å². The first-order valence-electron chi connectivity index (χ1n) is 6.68. The van der Waals surface area contributed by atoms with Gasteiger partial charge in [0.05, 0.1) is 5.69 Å². The number of pyridine rings is 1. The third kappa shape index (κ3) is 2.45. The summed E-state index contributed by atoms with van der Waals surface area (Å²) in [6, 6.07) is 10.9. The maximum atomic E-state index is 4.59.